The number of methoxy groups -OCH3 is 1. The maximum atomic E-state index is 12.6. The first kappa shape index (κ1) is 17.6. The zero-order valence-corrected chi connectivity index (χ0v) is 17.2. The molecule has 0 aliphatic heterocycles. The van der Waals surface area contributed by atoms with Crippen molar-refractivity contribution in [3.05, 3.63) is 36.3 Å². The highest BCUT2D eigenvalue weighted by atomic mass is 16.6. The van der Waals surface area contributed by atoms with Gasteiger partial charge in [0.25, 0.3) is 5.91 Å². The summed E-state index contributed by atoms with van der Waals surface area (Å²) in [5.41, 5.74) is 2.68. The summed E-state index contributed by atoms with van der Waals surface area (Å²) in [5.74, 6) is -0.330. The number of carbonyl (C=O) groups is 2. The van der Waals surface area contributed by atoms with Gasteiger partial charge in [-0.25, -0.2) is 10.5 Å². The van der Waals surface area contributed by atoms with Crippen LogP contribution in [0.15, 0.2) is 30.6 Å². The molecule has 3 N–H and O–H groups in total. The Morgan fingerprint density at radius 3 is 2.78 bits per heavy atom. The van der Waals surface area contributed by atoms with Crippen molar-refractivity contribution < 1.29 is 23.3 Å². The Bertz CT molecular complexity index is 1260. The van der Waals surface area contributed by atoms with Gasteiger partial charge in [-0.05, 0) is 25.0 Å². The average molecular weight is 441 g/mol. The fourth-order valence-electron chi connectivity index (χ4n) is 3.02. The van der Waals surface area contributed by atoms with E-state index in [0.29, 0.717) is 22.8 Å². The largest absolute Gasteiger partial charge is 0.494 e. The molecule has 2 amide bonds. The van der Waals surface area contributed by atoms with E-state index in [1.807, 2.05) is 5.48 Å². The summed E-state index contributed by atoms with van der Waals surface area (Å²) >= 11 is 0. The zero-order valence-electron chi connectivity index (χ0n) is 20.2. The van der Waals surface area contributed by atoms with Crippen molar-refractivity contribution in [1.82, 2.24) is 30.4 Å². The van der Waals surface area contributed by atoms with Gasteiger partial charge in [-0.2, -0.15) is 5.10 Å². The van der Waals surface area contributed by atoms with Crippen molar-refractivity contribution in [1.29, 1.82) is 0 Å². The molecule has 1 aliphatic carbocycles. The van der Waals surface area contributed by atoms with Gasteiger partial charge in [0.1, 0.15) is 6.33 Å². The summed E-state index contributed by atoms with van der Waals surface area (Å²) in [6.07, 6.45) is 3.13. The summed E-state index contributed by atoms with van der Waals surface area (Å²) < 4.78 is 28.4. The van der Waals surface area contributed by atoms with E-state index in [2.05, 4.69) is 35.8 Å². The summed E-state index contributed by atoms with van der Waals surface area (Å²) in [6.45, 7) is 0. The van der Waals surface area contributed by atoms with Crippen LogP contribution < -0.4 is 20.9 Å². The lowest BCUT2D eigenvalue weighted by Gasteiger charge is -2.16. The number of nitrogens with one attached hydrogen (secondary N) is 3. The summed E-state index contributed by atoms with van der Waals surface area (Å²) in [6, 6.07) is 6.60. The van der Waals surface area contributed by atoms with Crippen LogP contribution in [-0.2, 0) is 16.7 Å². The predicted molar refractivity (Wildman–Crippen MR) is 114 cm³/mol. The van der Waals surface area contributed by atoms with Gasteiger partial charge in [0, 0.05) is 19.0 Å². The number of benzene rings is 1. The maximum Gasteiger partial charge on any atom is 0.297 e. The number of para-hydroxylation sites is 1. The number of ether oxygens (including phenoxy) is 1. The van der Waals surface area contributed by atoms with Gasteiger partial charge < -0.3 is 15.4 Å². The topological polar surface area (TPSA) is 145 Å². The van der Waals surface area contributed by atoms with Crippen LogP contribution in [0.25, 0.3) is 11.4 Å². The number of nitrogens with zero attached hydrogens (tertiary/aromatic N) is 5. The predicted octanol–water partition coefficient (Wildman–Crippen LogP) is 1.66. The van der Waals surface area contributed by atoms with Crippen LogP contribution in [0.2, 0.25) is 0 Å². The van der Waals surface area contributed by atoms with Gasteiger partial charge in [-0.15, -0.1) is 10.2 Å². The van der Waals surface area contributed by atoms with E-state index < -0.39 is 12.9 Å². The Kier molecular flexibility index (Phi) is 4.94. The molecule has 1 aliphatic rings. The van der Waals surface area contributed by atoms with E-state index in [1.54, 1.807) is 36.3 Å². The first-order valence-corrected chi connectivity index (χ1v) is 9.61. The quantitative estimate of drug-likeness (QED) is 0.444. The molecule has 166 valence electrons. The van der Waals surface area contributed by atoms with Gasteiger partial charge in [0.15, 0.2) is 23.1 Å². The van der Waals surface area contributed by atoms with Gasteiger partial charge in [0.05, 0.1) is 35.2 Å². The first-order valence-electron chi connectivity index (χ1n) is 11.1. The number of rotatable bonds is 8. The lowest BCUT2D eigenvalue weighted by atomic mass is 10.1. The van der Waals surface area contributed by atoms with Gasteiger partial charge in [-0.3, -0.25) is 19.1 Å². The lowest BCUT2D eigenvalue weighted by molar-refractivity contribution is -0.117. The van der Waals surface area contributed by atoms with Crippen LogP contribution in [0.5, 0.6) is 5.75 Å². The molecule has 4 rings (SSSR count). The minimum atomic E-state index is -2.86. The zero-order chi connectivity index (χ0) is 25.2. The fraction of sp³-hybridized carbons (Fsp3) is 0.300. The van der Waals surface area contributed by atoms with E-state index in [1.165, 1.54) is 13.2 Å². The molecule has 2 aromatic heterocycles. The second-order valence-electron chi connectivity index (χ2n) is 7.04. The fourth-order valence-corrected chi connectivity index (χ4v) is 3.02. The van der Waals surface area contributed by atoms with Crippen LogP contribution in [0.1, 0.15) is 27.4 Å². The van der Waals surface area contributed by atoms with Crippen LogP contribution in [0, 0.1) is 5.92 Å². The maximum absolute atomic E-state index is 12.6. The molecule has 0 unspecified atom stereocenters. The number of hydrogen-bond acceptors (Lipinski definition) is 9. The molecule has 3 aromatic rings. The average Bonchev–Trinajstić information content (AvgIpc) is 3.58. The minimum Gasteiger partial charge on any atom is -0.494 e. The standard InChI is InChI=1S/C20H22N8O4/c1-28-10-21-18(26-28)12-5-4-6-13(17(12)31-2)22-14-9-15(23-19(29)11-7-8-11)24-25-16(14)20(30)27-32-3/h4-6,9-11H,7-8H2,1-3H3,(H,27,30)(H2,22,23,24,29)/i3D3. The summed E-state index contributed by atoms with van der Waals surface area (Å²) in [5, 5.41) is 17.8. The molecule has 0 bridgehead atoms. The highest BCUT2D eigenvalue weighted by Gasteiger charge is 2.30. The third-order valence-corrected chi connectivity index (χ3v) is 4.68. The van der Waals surface area contributed by atoms with E-state index in [-0.39, 0.29) is 29.0 Å². The SMILES string of the molecule is [2H]C([2H])([2H])ONC(=O)c1nnc(NC(=O)C2CC2)cc1Nc1cccc(-c2ncn(C)n2)c1OC. The van der Waals surface area contributed by atoms with E-state index in [4.69, 9.17) is 8.85 Å². The Morgan fingerprint density at radius 2 is 2.09 bits per heavy atom. The molecule has 0 saturated heterocycles. The highest BCUT2D eigenvalue weighted by molar-refractivity contribution is 5.99. The molecule has 2 heterocycles. The second-order valence-corrected chi connectivity index (χ2v) is 7.04. The number of carbonyl (C=O) groups excluding carboxylic acids is 2. The number of aromatic nitrogens is 5. The molecule has 1 fully saturated rings. The van der Waals surface area contributed by atoms with Crippen LogP contribution in [-0.4, -0.2) is 50.9 Å². The third kappa shape index (κ3) is 4.49. The molecule has 1 aromatic carbocycles. The van der Waals surface area contributed by atoms with Crippen LogP contribution >= 0.6 is 0 Å². The van der Waals surface area contributed by atoms with E-state index >= 15 is 0 Å². The lowest BCUT2D eigenvalue weighted by Crippen LogP contribution is -2.25. The van der Waals surface area contributed by atoms with Crippen molar-refractivity contribution in [2.75, 3.05) is 24.8 Å². The van der Waals surface area contributed by atoms with Crippen molar-refractivity contribution in [3.63, 3.8) is 0 Å². The van der Waals surface area contributed by atoms with Crippen LogP contribution in [0.4, 0.5) is 17.2 Å². The number of aryl methyl sites for hydroxylation is 1. The molecule has 0 atom stereocenters. The molecule has 12 nitrogen and oxygen atoms in total. The van der Waals surface area contributed by atoms with Gasteiger partial charge >= 0.3 is 0 Å². The molecular weight excluding hydrogens is 416 g/mol. The first-order chi connectivity index (χ1) is 16.6. The highest BCUT2D eigenvalue weighted by Crippen LogP contribution is 2.37. The molecule has 1 saturated carbocycles. The van der Waals surface area contributed by atoms with Crippen molar-refractivity contribution in [2.24, 2.45) is 13.0 Å². The van der Waals surface area contributed by atoms with E-state index in [0.717, 1.165) is 12.8 Å². The second kappa shape index (κ2) is 8.98. The monoisotopic (exact) mass is 441 g/mol. The van der Waals surface area contributed by atoms with Crippen molar-refractivity contribution in [2.45, 2.75) is 12.8 Å². The van der Waals surface area contributed by atoms with Crippen molar-refractivity contribution in [3.8, 4) is 17.1 Å². The van der Waals surface area contributed by atoms with Gasteiger partial charge in [-0.1, -0.05) is 6.07 Å². The number of anilines is 3. The van der Waals surface area contributed by atoms with E-state index in [9.17, 15) is 9.59 Å². The Balaban J connectivity index is 1.69. The Morgan fingerprint density at radius 1 is 1.25 bits per heavy atom. The van der Waals surface area contributed by atoms with Crippen molar-refractivity contribution >= 4 is 29.0 Å². The van der Waals surface area contributed by atoms with Crippen LogP contribution in [0.3, 0.4) is 0 Å². The molecule has 0 radical (unpaired) electrons. The molecule has 12 heteroatoms. The Hall–Kier alpha value is -4.06. The summed E-state index contributed by atoms with van der Waals surface area (Å²) in [7, 11) is 0.344. The smallest absolute Gasteiger partial charge is 0.297 e. The minimum absolute atomic E-state index is 0.0773. The summed E-state index contributed by atoms with van der Waals surface area (Å²) in [4.78, 5) is 33.5. The Labute approximate surface area is 187 Å². The number of hydrogen-bond donors (Lipinski definition) is 3. The number of amides is 2. The number of hydroxylamine groups is 1. The molecule has 0 spiro atoms. The molecule has 32 heavy (non-hydrogen) atoms. The normalized spacial score (nSPS) is 14.6. The molecular formula is C20H22N8O4. The van der Waals surface area contributed by atoms with Gasteiger partial charge in [0.2, 0.25) is 5.91 Å². The third-order valence-electron chi connectivity index (χ3n) is 4.68.